The van der Waals surface area contributed by atoms with Crippen molar-refractivity contribution in [3.8, 4) is 0 Å². The summed E-state index contributed by atoms with van der Waals surface area (Å²) in [4.78, 5) is 22.8. The first-order valence-electron chi connectivity index (χ1n) is 8.16. The number of thiophene rings is 1. The average molecular weight is 412 g/mol. The Morgan fingerprint density at radius 2 is 1.93 bits per heavy atom. The molecular formula is C16H20N4O5S2. The van der Waals surface area contributed by atoms with Crippen molar-refractivity contribution in [2.24, 2.45) is 0 Å². The Morgan fingerprint density at radius 1 is 1.22 bits per heavy atom. The molecule has 0 unspecified atom stereocenters. The van der Waals surface area contributed by atoms with Gasteiger partial charge >= 0.3 is 6.03 Å². The minimum absolute atomic E-state index is 0.127. The summed E-state index contributed by atoms with van der Waals surface area (Å²) in [7, 11) is -3.52. The Hall–Kier alpha value is -2.50. The Balaban J connectivity index is 1.97. The number of benzene rings is 1. The van der Waals surface area contributed by atoms with E-state index in [2.05, 4.69) is 10.6 Å². The summed E-state index contributed by atoms with van der Waals surface area (Å²) in [6, 6.07) is 8.20. The van der Waals surface area contributed by atoms with E-state index in [9.17, 15) is 23.3 Å². The number of nitrogens with zero attached hydrogens (tertiary/aromatic N) is 2. The molecule has 0 aliphatic carbocycles. The van der Waals surface area contributed by atoms with Gasteiger partial charge in [0.15, 0.2) is 0 Å². The Morgan fingerprint density at radius 3 is 2.56 bits per heavy atom. The van der Waals surface area contributed by atoms with Crippen LogP contribution < -0.4 is 10.6 Å². The van der Waals surface area contributed by atoms with Crippen molar-refractivity contribution >= 4 is 38.8 Å². The van der Waals surface area contributed by atoms with Crippen molar-refractivity contribution in [3.63, 3.8) is 0 Å². The number of rotatable bonds is 8. The van der Waals surface area contributed by atoms with Crippen molar-refractivity contribution in [2.75, 3.05) is 18.4 Å². The van der Waals surface area contributed by atoms with Gasteiger partial charge in [-0.3, -0.25) is 10.1 Å². The van der Waals surface area contributed by atoms with E-state index in [1.165, 1.54) is 34.6 Å². The van der Waals surface area contributed by atoms with Crippen LogP contribution in [0, 0.1) is 10.1 Å². The molecule has 0 aliphatic rings. The molecule has 0 saturated carbocycles. The maximum Gasteiger partial charge on any atom is 0.319 e. The molecule has 0 spiro atoms. The lowest BCUT2D eigenvalue weighted by atomic mass is 10.3. The topological polar surface area (TPSA) is 122 Å². The molecule has 0 aliphatic heterocycles. The van der Waals surface area contributed by atoms with Crippen LogP contribution in [0.4, 0.5) is 16.2 Å². The largest absolute Gasteiger partial charge is 0.333 e. The molecule has 0 bridgehead atoms. The number of carbonyl (C=O) groups is 1. The number of nitro benzene ring substituents is 1. The molecule has 11 heteroatoms. The second-order valence-electron chi connectivity index (χ2n) is 5.43. The van der Waals surface area contributed by atoms with E-state index in [-0.39, 0.29) is 22.1 Å². The lowest BCUT2D eigenvalue weighted by Crippen LogP contribution is -2.30. The van der Waals surface area contributed by atoms with Gasteiger partial charge in [0.25, 0.3) is 15.7 Å². The highest BCUT2D eigenvalue weighted by atomic mass is 32.2. The second-order valence-corrected chi connectivity index (χ2v) is 8.76. The molecule has 1 aromatic carbocycles. The zero-order valence-corrected chi connectivity index (χ0v) is 16.5. The Kier molecular flexibility index (Phi) is 6.88. The first kappa shape index (κ1) is 20.8. The van der Waals surface area contributed by atoms with Gasteiger partial charge in [0.1, 0.15) is 4.21 Å². The van der Waals surface area contributed by atoms with Gasteiger partial charge in [0.2, 0.25) is 0 Å². The number of amides is 2. The van der Waals surface area contributed by atoms with Crippen LogP contribution in [0.25, 0.3) is 0 Å². The quantitative estimate of drug-likeness (QED) is 0.510. The predicted molar refractivity (Wildman–Crippen MR) is 103 cm³/mol. The zero-order chi connectivity index (χ0) is 20.0. The van der Waals surface area contributed by atoms with Gasteiger partial charge in [-0.25, -0.2) is 13.2 Å². The maximum absolute atomic E-state index is 12.5. The number of carbonyl (C=O) groups excluding carboxylic acids is 1. The number of non-ortho nitro benzene ring substituents is 1. The van der Waals surface area contributed by atoms with E-state index < -0.39 is 21.0 Å². The average Bonchev–Trinajstić information content (AvgIpc) is 3.11. The number of nitro groups is 1. The molecule has 9 nitrogen and oxygen atoms in total. The molecule has 0 atom stereocenters. The fraction of sp³-hybridized carbons (Fsp3) is 0.312. The zero-order valence-electron chi connectivity index (χ0n) is 14.8. The van der Waals surface area contributed by atoms with Crippen molar-refractivity contribution in [1.82, 2.24) is 9.62 Å². The minimum atomic E-state index is -3.52. The van der Waals surface area contributed by atoms with Crippen LogP contribution in [-0.2, 0) is 16.6 Å². The lowest BCUT2D eigenvalue weighted by Gasteiger charge is -2.16. The molecule has 2 rings (SSSR count). The fourth-order valence-corrected chi connectivity index (χ4v) is 5.23. The van der Waals surface area contributed by atoms with Crippen LogP contribution in [0.15, 0.2) is 40.6 Å². The van der Waals surface area contributed by atoms with Crippen molar-refractivity contribution in [1.29, 1.82) is 0 Å². The number of nitrogens with one attached hydrogen (secondary N) is 2. The van der Waals surface area contributed by atoms with Crippen LogP contribution in [0.3, 0.4) is 0 Å². The van der Waals surface area contributed by atoms with Crippen LogP contribution in [0.5, 0.6) is 0 Å². The molecular weight excluding hydrogens is 392 g/mol. The molecule has 2 N–H and O–H groups in total. The maximum atomic E-state index is 12.5. The van der Waals surface area contributed by atoms with Crippen LogP contribution in [-0.4, -0.2) is 36.8 Å². The highest BCUT2D eigenvalue weighted by Crippen LogP contribution is 2.25. The number of hydrogen-bond acceptors (Lipinski definition) is 6. The van der Waals surface area contributed by atoms with Gasteiger partial charge < -0.3 is 10.6 Å². The first-order chi connectivity index (χ1) is 12.8. The highest BCUT2D eigenvalue weighted by Gasteiger charge is 2.23. The summed E-state index contributed by atoms with van der Waals surface area (Å²) in [5, 5.41) is 15.9. The molecule has 1 heterocycles. The molecule has 2 aromatic rings. The summed E-state index contributed by atoms with van der Waals surface area (Å²) in [5.74, 6) is 0. The van der Waals surface area contributed by atoms with Gasteiger partial charge in [-0.1, -0.05) is 19.9 Å². The summed E-state index contributed by atoms with van der Waals surface area (Å²) >= 11 is 1.09. The molecule has 0 saturated heterocycles. The molecule has 0 fully saturated rings. The number of urea groups is 1. The normalized spacial score (nSPS) is 11.4. The van der Waals surface area contributed by atoms with Crippen LogP contribution in [0.2, 0.25) is 0 Å². The number of hydrogen-bond donors (Lipinski definition) is 2. The Bertz CT molecular complexity index is 922. The Labute approximate surface area is 161 Å². The van der Waals surface area contributed by atoms with Gasteiger partial charge in [0, 0.05) is 35.8 Å². The van der Waals surface area contributed by atoms with Crippen LogP contribution in [0.1, 0.15) is 18.7 Å². The second kappa shape index (κ2) is 8.93. The van der Waals surface area contributed by atoms with Gasteiger partial charge in [0.05, 0.1) is 11.5 Å². The van der Waals surface area contributed by atoms with Gasteiger partial charge in [-0.05, 0) is 18.2 Å². The molecule has 146 valence electrons. The van der Waals surface area contributed by atoms with E-state index in [0.29, 0.717) is 18.0 Å². The molecule has 27 heavy (non-hydrogen) atoms. The van der Waals surface area contributed by atoms with Crippen molar-refractivity contribution < 1.29 is 18.1 Å². The summed E-state index contributed by atoms with van der Waals surface area (Å²) in [6.07, 6.45) is 0. The van der Waals surface area contributed by atoms with Crippen LogP contribution >= 0.6 is 11.3 Å². The van der Waals surface area contributed by atoms with Crippen molar-refractivity contribution in [2.45, 2.75) is 24.6 Å². The fourth-order valence-electron chi connectivity index (χ4n) is 2.32. The standard InChI is InChI=1S/C16H20N4O5S2/c1-3-19(4-2)27(24,25)15-9-8-14(26-15)11-17-16(21)18-12-6-5-7-13(10-12)20(22)23/h5-10H,3-4,11H2,1-2H3,(H2,17,18,21). The van der Waals surface area contributed by atoms with Gasteiger partial charge in [-0.2, -0.15) is 4.31 Å². The molecule has 2 amide bonds. The SMILES string of the molecule is CCN(CC)S(=O)(=O)c1ccc(CNC(=O)Nc2cccc([N+](=O)[O-])c2)s1. The summed E-state index contributed by atoms with van der Waals surface area (Å²) < 4.78 is 26.5. The van der Waals surface area contributed by atoms with Gasteiger partial charge in [-0.15, -0.1) is 11.3 Å². The monoisotopic (exact) mass is 412 g/mol. The third-order valence-electron chi connectivity index (χ3n) is 3.67. The minimum Gasteiger partial charge on any atom is -0.333 e. The highest BCUT2D eigenvalue weighted by molar-refractivity contribution is 7.91. The number of sulfonamides is 1. The summed E-state index contributed by atoms with van der Waals surface area (Å²) in [6.45, 7) is 4.45. The lowest BCUT2D eigenvalue weighted by molar-refractivity contribution is -0.384. The first-order valence-corrected chi connectivity index (χ1v) is 10.4. The van der Waals surface area contributed by atoms with Crippen molar-refractivity contribution in [3.05, 3.63) is 51.4 Å². The van der Waals surface area contributed by atoms with E-state index in [1.807, 2.05) is 0 Å². The summed E-state index contributed by atoms with van der Waals surface area (Å²) in [5.41, 5.74) is 0.162. The van der Waals surface area contributed by atoms with E-state index in [4.69, 9.17) is 0 Å². The third kappa shape index (κ3) is 5.25. The third-order valence-corrected chi connectivity index (χ3v) is 7.28. The molecule has 1 aromatic heterocycles. The smallest absolute Gasteiger partial charge is 0.319 e. The van der Waals surface area contributed by atoms with E-state index in [1.54, 1.807) is 19.9 Å². The van der Waals surface area contributed by atoms with E-state index in [0.717, 1.165) is 11.3 Å². The predicted octanol–water partition coefficient (Wildman–Crippen LogP) is 3.01. The number of anilines is 1. The molecule has 0 radical (unpaired) electrons. The van der Waals surface area contributed by atoms with E-state index >= 15 is 0 Å².